The molecule has 0 bridgehead atoms. The highest BCUT2D eigenvalue weighted by molar-refractivity contribution is 7.11. The van der Waals surface area contributed by atoms with Crippen molar-refractivity contribution in [3.05, 3.63) is 102 Å². The van der Waals surface area contributed by atoms with E-state index < -0.39 is 21.4 Å². The minimum atomic E-state index is -1.14. The Hall–Kier alpha value is -1.92. The molecular weight excluding hydrogens is 695 g/mol. The second kappa shape index (κ2) is 17.8. The van der Waals surface area contributed by atoms with Gasteiger partial charge in [-0.15, -0.1) is 22.7 Å². The fraction of sp³-hybridized carbons (Fsp3) is 0.353. The summed E-state index contributed by atoms with van der Waals surface area (Å²) in [4.78, 5) is 25.6. The van der Waals surface area contributed by atoms with Gasteiger partial charge in [-0.05, 0) is 70.6 Å². The summed E-state index contributed by atoms with van der Waals surface area (Å²) in [5.74, 6) is 0.963. The molecule has 2 atom stereocenters. The van der Waals surface area contributed by atoms with Crippen LogP contribution in [0.25, 0.3) is 0 Å². The van der Waals surface area contributed by atoms with Crippen LogP contribution in [0.2, 0.25) is 61.4 Å². The first-order chi connectivity index (χ1) is 20.9. The molecule has 4 nitrogen and oxygen atoms in total. The van der Waals surface area contributed by atoms with Crippen molar-refractivity contribution in [3.63, 3.8) is 0 Å². The third-order valence-corrected chi connectivity index (χ3v) is 13.5. The summed E-state index contributed by atoms with van der Waals surface area (Å²) in [6.45, 7) is 18.9. The standard InChI is InChI=1S/C17H22ClNOSSi.C10H19NSSi.C7H4Cl2O/c1-12(11-22(2,3)4)16-15(9-10-21-16)19-17(20)13-7-5-6-8-14(13)18;1-8(7-13(2,3)4)10-9(11)5-6-12-10;8-6-4-2-1-3-5(6)7(9)10/h5-10,12H,11H2,1-4H3,(H,19,20);5-6,8H,7,11H2,1-4H3;1-4H. The number of benzene rings is 2. The number of nitrogens with two attached hydrogens (primary N) is 1. The number of nitrogens with one attached hydrogen (secondary N) is 1. The molecule has 1 amide bonds. The number of hydrogen-bond donors (Lipinski definition) is 2. The number of nitrogen functional groups attached to an aromatic ring is 1. The molecule has 244 valence electrons. The van der Waals surface area contributed by atoms with E-state index in [0.717, 1.165) is 11.4 Å². The molecule has 4 aromatic rings. The highest BCUT2D eigenvalue weighted by atomic mass is 35.5. The number of thiophene rings is 2. The number of carbonyl (C=O) groups excluding carboxylic acids is 2. The van der Waals surface area contributed by atoms with E-state index in [1.165, 1.54) is 21.8 Å². The molecule has 0 aliphatic rings. The maximum absolute atomic E-state index is 12.4. The number of amides is 1. The van der Waals surface area contributed by atoms with Crippen LogP contribution in [0, 0.1) is 0 Å². The molecule has 4 rings (SSSR count). The van der Waals surface area contributed by atoms with Crippen LogP contribution in [0.3, 0.4) is 0 Å². The molecule has 0 aliphatic heterocycles. The maximum atomic E-state index is 12.4. The average Bonchev–Trinajstić information content (AvgIpc) is 3.57. The van der Waals surface area contributed by atoms with Crippen LogP contribution in [-0.2, 0) is 0 Å². The van der Waals surface area contributed by atoms with Crippen LogP contribution in [0.5, 0.6) is 0 Å². The zero-order valence-corrected chi connectivity index (χ0v) is 33.2. The quantitative estimate of drug-likeness (QED) is 0.133. The number of halogens is 3. The molecule has 2 aromatic heterocycles. The smallest absolute Gasteiger partial charge is 0.257 e. The van der Waals surface area contributed by atoms with Gasteiger partial charge in [0.2, 0.25) is 0 Å². The molecule has 0 radical (unpaired) electrons. The Morgan fingerprint density at radius 1 is 0.733 bits per heavy atom. The van der Waals surface area contributed by atoms with Crippen molar-refractivity contribution in [2.45, 2.75) is 77.1 Å². The lowest BCUT2D eigenvalue weighted by molar-refractivity contribution is 0.102. The summed E-state index contributed by atoms with van der Waals surface area (Å²) >= 11 is 20.4. The molecule has 2 unspecified atom stereocenters. The molecule has 0 saturated carbocycles. The predicted molar refractivity (Wildman–Crippen MR) is 207 cm³/mol. The number of rotatable bonds is 9. The topological polar surface area (TPSA) is 72.2 Å². The van der Waals surface area contributed by atoms with Gasteiger partial charge in [-0.1, -0.05) is 113 Å². The number of hydrogen-bond acceptors (Lipinski definition) is 5. The first-order valence-corrected chi connectivity index (χ1v) is 25.1. The van der Waals surface area contributed by atoms with Crippen molar-refractivity contribution in [2.24, 2.45) is 0 Å². The van der Waals surface area contributed by atoms with Crippen LogP contribution in [0.4, 0.5) is 11.4 Å². The van der Waals surface area contributed by atoms with Gasteiger partial charge in [0.15, 0.2) is 0 Å². The predicted octanol–water partition coefficient (Wildman–Crippen LogP) is 12.6. The van der Waals surface area contributed by atoms with Crippen molar-refractivity contribution in [3.8, 4) is 0 Å². The SMILES string of the molecule is CC(C[Si](C)(C)C)c1sccc1N.CC(C[Si](C)(C)C)c1sccc1NC(=O)c1ccccc1Cl.O=C(Cl)c1ccccc1Cl. The van der Waals surface area contributed by atoms with Gasteiger partial charge < -0.3 is 11.1 Å². The van der Waals surface area contributed by atoms with Crippen molar-refractivity contribution >= 4 is 96.1 Å². The molecule has 2 heterocycles. The van der Waals surface area contributed by atoms with Crippen molar-refractivity contribution in [1.82, 2.24) is 0 Å². The number of carbonyl (C=O) groups is 2. The van der Waals surface area contributed by atoms with Gasteiger partial charge in [0.05, 0.1) is 26.9 Å². The normalized spacial score (nSPS) is 12.6. The van der Waals surface area contributed by atoms with Crippen molar-refractivity contribution in [1.29, 1.82) is 0 Å². The van der Waals surface area contributed by atoms with E-state index in [1.807, 2.05) is 29.6 Å². The van der Waals surface area contributed by atoms with E-state index >= 15 is 0 Å². The fourth-order valence-corrected chi connectivity index (χ4v) is 11.8. The molecule has 0 aliphatic carbocycles. The molecule has 3 N–H and O–H groups in total. The monoisotopic (exact) mass is 738 g/mol. The van der Waals surface area contributed by atoms with Crippen molar-refractivity contribution in [2.75, 3.05) is 11.1 Å². The van der Waals surface area contributed by atoms with E-state index in [9.17, 15) is 9.59 Å². The Morgan fingerprint density at radius 2 is 1.18 bits per heavy atom. The van der Waals surface area contributed by atoms with E-state index in [1.54, 1.807) is 59.1 Å². The van der Waals surface area contributed by atoms with Crippen molar-refractivity contribution < 1.29 is 9.59 Å². The summed E-state index contributed by atoms with van der Waals surface area (Å²) in [7, 11) is -2.09. The highest BCUT2D eigenvalue weighted by Crippen LogP contribution is 2.36. The Morgan fingerprint density at radius 3 is 1.60 bits per heavy atom. The summed E-state index contributed by atoms with van der Waals surface area (Å²) in [6, 6.07) is 20.3. The van der Waals surface area contributed by atoms with Crippen LogP contribution < -0.4 is 11.1 Å². The summed E-state index contributed by atoms with van der Waals surface area (Å²) in [6.07, 6.45) is 0. The lowest BCUT2D eigenvalue weighted by atomic mass is 10.1. The zero-order chi connectivity index (χ0) is 33.9. The molecular formula is C34H45Cl3N2O2S2Si2. The van der Waals surface area contributed by atoms with Gasteiger partial charge in [-0.3, -0.25) is 9.59 Å². The Kier molecular flexibility index (Phi) is 15.6. The van der Waals surface area contributed by atoms with Gasteiger partial charge >= 0.3 is 0 Å². The Labute approximate surface area is 294 Å². The van der Waals surface area contributed by atoms with Crippen LogP contribution in [0.1, 0.15) is 56.2 Å². The molecule has 0 saturated heterocycles. The molecule has 0 fully saturated rings. The third-order valence-electron chi connectivity index (χ3n) is 6.61. The lowest BCUT2D eigenvalue weighted by Crippen LogP contribution is -2.22. The van der Waals surface area contributed by atoms with E-state index in [-0.39, 0.29) is 5.91 Å². The summed E-state index contributed by atoms with van der Waals surface area (Å²) in [5, 5.41) is 7.49. The lowest BCUT2D eigenvalue weighted by Gasteiger charge is -2.21. The first kappa shape index (κ1) is 39.3. The maximum Gasteiger partial charge on any atom is 0.257 e. The van der Waals surface area contributed by atoms with Gasteiger partial charge in [0, 0.05) is 31.6 Å². The van der Waals surface area contributed by atoms with E-state index in [4.69, 9.17) is 40.5 Å². The van der Waals surface area contributed by atoms with Gasteiger partial charge in [0.25, 0.3) is 11.1 Å². The second-order valence-electron chi connectivity index (χ2n) is 13.5. The molecule has 0 spiro atoms. The van der Waals surface area contributed by atoms with Gasteiger partial charge in [-0.2, -0.15) is 0 Å². The van der Waals surface area contributed by atoms with Crippen LogP contribution in [0.15, 0.2) is 71.4 Å². The van der Waals surface area contributed by atoms with Gasteiger partial charge in [-0.25, -0.2) is 0 Å². The summed E-state index contributed by atoms with van der Waals surface area (Å²) in [5.41, 5.74) is 8.65. The van der Waals surface area contributed by atoms with Gasteiger partial charge in [0.1, 0.15) is 0 Å². The first-order valence-electron chi connectivity index (χ1n) is 14.8. The Bertz CT molecular complexity index is 1540. The second-order valence-corrected chi connectivity index (χ2v) is 27.6. The zero-order valence-electron chi connectivity index (χ0n) is 27.3. The minimum absolute atomic E-state index is 0.148. The molecule has 11 heteroatoms. The van der Waals surface area contributed by atoms with Crippen LogP contribution in [-0.4, -0.2) is 27.3 Å². The number of anilines is 2. The molecule has 2 aromatic carbocycles. The summed E-state index contributed by atoms with van der Waals surface area (Å²) < 4.78 is 0. The highest BCUT2D eigenvalue weighted by Gasteiger charge is 2.23. The Balaban J connectivity index is 0.000000259. The average molecular weight is 740 g/mol. The van der Waals surface area contributed by atoms with E-state index in [0.29, 0.717) is 33.0 Å². The third kappa shape index (κ3) is 13.8. The largest absolute Gasteiger partial charge is 0.398 e. The molecule has 45 heavy (non-hydrogen) atoms. The fourth-order valence-electron chi connectivity index (χ4n) is 5.02. The van der Waals surface area contributed by atoms with E-state index in [2.05, 4.69) is 63.8 Å². The van der Waals surface area contributed by atoms with Crippen LogP contribution >= 0.6 is 57.5 Å². The minimum Gasteiger partial charge on any atom is -0.398 e.